The van der Waals surface area contributed by atoms with Crippen LogP contribution >= 0.6 is 0 Å². The quantitative estimate of drug-likeness (QED) is 0.538. The van der Waals surface area contributed by atoms with E-state index in [-0.39, 0.29) is 41.6 Å². The highest BCUT2D eigenvalue weighted by Gasteiger charge is 2.32. The van der Waals surface area contributed by atoms with E-state index in [1.165, 1.54) is 12.1 Å². The predicted octanol–water partition coefficient (Wildman–Crippen LogP) is 4.56. The lowest BCUT2D eigenvalue weighted by Gasteiger charge is -2.32. The molecule has 4 unspecified atom stereocenters. The van der Waals surface area contributed by atoms with E-state index in [9.17, 15) is 14.0 Å². The van der Waals surface area contributed by atoms with Crippen molar-refractivity contribution in [3.8, 4) is 0 Å². The van der Waals surface area contributed by atoms with Gasteiger partial charge in [0.1, 0.15) is 5.82 Å². The number of hydrogen-bond donors (Lipinski definition) is 2. The van der Waals surface area contributed by atoms with E-state index in [4.69, 9.17) is 4.74 Å². The highest BCUT2D eigenvalue weighted by Crippen LogP contribution is 2.28. The van der Waals surface area contributed by atoms with E-state index >= 15 is 0 Å². The average Bonchev–Trinajstić information content (AvgIpc) is 3.25. The zero-order valence-electron chi connectivity index (χ0n) is 20.1. The van der Waals surface area contributed by atoms with Gasteiger partial charge in [-0.3, -0.25) is 9.59 Å². The molecule has 0 bridgehead atoms. The number of rotatable bonds is 7. The van der Waals surface area contributed by atoms with E-state index in [0.29, 0.717) is 18.7 Å². The molecule has 0 radical (unpaired) electrons. The minimum absolute atomic E-state index is 0.00572. The summed E-state index contributed by atoms with van der Waals surface area (Å²) in [4.78, 5) is 25.6. The highest BCUT2D eigenvalue weighted by molar-refractivity contribution is 5.97. The maximum absolute atomic E-state index is 13.2. The maximum atomic E-state index is 13.2. The Labute approximate surface area is 199 Å². The van der Waals surface area contributed by atoms with Crippen molar-refractivity contribution >= 4 is 17.3 Å². The summed E-state index contributed by atoms with van der Waals surface area (Å²) < 4.78 is 21.3. The lowest BCUT2D eigenvalue weighted by Crippen LogP contribution is -2.50. The van der Waals surface area contributed by atoms with Crippen molar-refractivity contribution in [3.63, 3.8) is 0 Å². The molecule has 4 rings (SSSR count). The first kappa shape index (κ1) is 24.0. The second kappa shape index (κ2) is 9.97. The first-order valence-corrected chi connectivity index (χ1v) is 11.8. The second-order valence-corrected chi connectivity index (χ2v) is 9.39. The van der Waals surface area contributed by atoms with E-state index < -0.39 is 0 Å². The van der Waals surface area contributed by atoms with Gasteiger partial charge in [0.15, 0.2) is 0 Å². The van der Waals surface area contributed by atoms with Crippen molar-refractivity contribution in [2.45, 2.75) is 52.9 Å². The van der Waals surface area contributed by atoms with Gasteiger partial charge >= 0.3 is 0 Å². The molecule has 2 N–H and O–H groups in total. The Morgan fingerprint density at radius 1 is 1.26 bits per heavy atom. The van der Waals surface area contributed by atoms with Crippen molar-refractivity contribution in [1.29, 1.82) is 0 Å². The summed E-state index contributed by atoms with van der Waals surface area (Å²) in [5.74, 6) is -0.528. The average molecular weight is 466 g/mol. The Morgan fingerprint density at radius 2 is 2.00 bits per heavy atom. The molecule has 0 spiro atoms. The molecule has 0 aliphatic carbocycles. The van der Waals surface area contributed by atoms with Crippen LogP contribution in [0.5, 0.6) is 0 Å². The molecule has 3 aromatic rings. The number of aromatic nitrogens is 1. The van der Waals surface area contributed by atoms with Gasteiger partial charge in [0, 0.05) is 29.9 Å². The van der Waals surface area contributed by atoms with Crippen LogP contribution in [0.4, 0.5) is 4.39 Å². The molecule has 1 aromatic carbocycles. The van der Waals surface area contributed by atoms with Gasteiger partial charge in [0.2, 0.25) is 5.91 Å². The zero-order chi connectivity index (χ0) is 24.4. The molecule has 4 atom stereocenters. The minimum atomic E-state index is -0.307. The number of nitrogens with one attached hydrogen (secondary N) is 2. The van der Waals surface area contributed by atoms with Crippen molar-refractivity contribution in [1.82, 2.24) is 15.0 Å². The smallest absolute Gasteiger partial charge is 0.251 e. The summed E-state index contributed by atoms with van der Waals surface area (Å²) in [7, 11) is 0. The number of halogens is 1. The van der Waals surface area contributed by atoms with E-state index in [2.05, 4.69) is 17.6 Å². The zero-order valence-corrected chi connectivity index (χ0v) is 20.1. The first-order valence-electron chi connectivity index (χ1n) is 11.8. The lowest BCUT2D eigenvalue weighted by atomic mass is 9.84. The second-order valence-electron chi connectivity index (χ2n) is 9.39. The number of ether oxygens (including phenoxy) is 1. The van der Waals surface area contributed by atoms with E-state index in [1.54, 1.807) is 12.1 Å². The molecule has 180 valence electrons. The third-order valence-electron chi connectivity index (χ3n) is 6.78. The number of benzene rings is 1. The summed E-state index contributed by atoms with van der Waals surface area (Å²) in [5.41, 5.74) is 4.03. The fourth-order valence-corrected chi connectivity index (χ4v) is 4.90. The van der Waals surface area contributed by atoms with Crippen molar-refractivity contribution in [2.24, 2.45) is 11.8 Å². The monoisotopic (exact) mass is 465 g/mol. The van der Waals surface area contributed by atoms with Gasteiger partial charge in [-0.05, 0) is 74.6 Å². The molecule has 1 aliphatic rings. The number of carbonyl (C=O) groups is 2. The number of nitrogens with zero attached hydrogens (tertiary/aromatic N) is 1. The summed E-state index contributed by atoms with van der Waals surface area (Å²) in [5, 5.41) is 5.97. The SMILES string of the molecule is Cc1c(C(=O)NCC2C(=O)NC(C)CC2C)cc2cccn2c1C(C)OCc1ccc(F)cc1. The van der Waals surface area contributed by atoms with Gasteiger partial charge in [-0.15, -0.1) is 0 Å². The Hall–Kier alpha value is -3.19. The first-order chi connectivity index (χ1) is 16.2. The predicted molar refractivity (Wildman–Crippen MR) is 129 cm³/mol. The van der Waals surface area contributed by atoms with Crippen molar-refractivity contribution in [3.05, 3.63) is 76.9 Å². The lowest BCUT2D eigenvalue weighted by molar-refractivity contribution is -0.129. The third kappa shape index (κ3) is 4.99. The van der Waals surface area contributed by atoms with Gasteiger partial charge < -0.3 is 19.8 Å². The topological polar surface area (TPSA) is 71.8 Å². The largest absolute Gasteiger partial charge is 0.368 e. The van der Waals surface area contributed by atoms with Crippen LogP contribution in [0.2, 0.25) is 0 Å². The van der Waals surface area contributed by atoms with Crippen LogP contribution < -0.4 is 10.6 Å². The maximum Gasteiger partial charge on any atom is 0.251 e. The van der Waals surface area contributed by atoms with Crippen LogP contribution in [0.1, 0.15) is 60.5 Å². The summed E-state index contributed by atoms with van der Waals surface area (Å²) in [6.45, 7) is 8.55. The number of carbonyl (C=O) groups excluding carboxylic acids is 2. The molecule has 0 saturated carbocycles. The number of fused-ring (bicyclic) bond motifs is 1. The summed E-state index contributed by atoms with van der Waals surface area (Å²) >= 11 is 0. The molecule has 3 heterocycles. The van der Waals surface area contributed by atoms with Crippen LogP contribution in [-0.4, -0.2) is 28.8 Å². The van der Waals surface area contributed by atoms with Crippen LogP contribution in [-0.2, 0) is 16.1 Å². The number of hydrogen-bond acceptors (Lipinski definition) is 3. The molecule has 1 saturated heterocycles. The van der Waals surface area contributed by atoms with E-state index in [0.717, 1.165) is 28.8 Å². The Morgan fingerprint density at radius 3 is 2.71 bits per heavy atom. The molecular weight excluding hydrogens is 433 g/mol. The summed E-state index contributed by atoms with van der Waals surface area (Å²) in [6.07, 6.45) is 2.54. The Bertz CT molecular complexity index is 1190. The van der Waals surface area contributed by atoms with Crippen LogP contribution in [0.25, 0.3) is 5.52 Å². The molecule has 2 amide bonds. The molecular formula is C27H32FN3O3. The third-order valence-corrected chi connectivity index (χ3v) is 6.78. The number of amides is 2. The Kier molecular flexibility index (Phi) is 7.03. The molecule has 2 aromatic heterocycles. The van der Waals surface area contributed by atoms with Gasteiger partial charge in [0.25, 0.3) is 5.91 Å². The minimum Gasteiger partial charge on any atom is -0.368 e. The standard InChI is InChI=1S/C27H32FN3O3/c1-16-12-17(2)30-27(33)24(16)14-29-26(32)23-13-22-6-5-11-31(22)25(18(23)3)19(4)34-15-20-7-9-21(28)10-8-20/h5-11,13,16-17,19,24H,12,14-15H2,1-4H3,(H,29,32)(H,30,33). The molecule has 6 nitrogen and oxygen atoms in total. The normalized spacial score (nSPS) is 21.3. The van der Waals surface area contributed by atoms with E-state index in [1.807, 2.05) is 49.6 Å². The van der Waals surface area contributed by atoms with Crippen LogP contribution in [0.3, 0.4) is 0 Å². The van der Waals surface area contributed by atoms with Gasteiger partial charge in [0.05, 0.1) is 24.3 Å². The summed E-state index contributed by atoms with van der Waals surface area (Å²) in [6, 6.07) is 12.1. The molecule has 7 heteroatoms. The van der Waals surface area contributed by atoms with Crippen LogP contribution in [0, 0.1) is 24.6 Å². The van der Waals surface area contributed by atoms with Crippen molar-refractivity contribution in [2.75, 3.05) is 6.54 Å². The molecule has 1 fully saturated rings. The van der Waals surface area contributed by atoms with Gasteiger partial charge in [-0.2, -0.15) is 0 Å². The fraction of sp³-hybridized carbons (Fsp3) is 0.407. The molecule has 1 aliphatic heterocycles. The highest BCUT2D eigenvalue weighted by atomic mass is 19.1. The van der Waals surface area contributed by atoms with Gasteiger partial charge in [-0.25, -0.2) is 4.39 Å². The van der Waals surface area contributed by atoms with Crippen molar-refractivity contribution < 1.29 is 18.7 Å². The molecule has 34 heavy (non-hydrogen) atoms. The van der Waals surface area contributed by atoms with Crippen LogP contribution in [0.15, 0.2) is 48.7 Å². The van der Waals surface area contributed by atoms with Gasteiger partial charge in [-0.1, -0.05) is 19.1 Å². The number of piperidine rings is 1. The fourth-order valence-electron chi connectivity index (χ4n) is 4.90. The Balaban J connectivity index is 1.53. The number of pyridine rings is 1.